The minimum absolute atomic E-state index is 0.0813. The molecule has 0 aromatic heterocycles. The number of ether oxygens (including phenoxy) is 3. The van der Waals surface area contributed by atoms with Crippen LogP contribution in [0.5, 0.6) is 11.5 Å². The van der Waals surface area contributed by atoms with Gasteiger partial charge in [0.15, 0.2) is 0 Å². The zero-order chi connectivity index (χ0) is 24.4. The van der Waals surface area contributed by atoms with Crippen LogP contribution in [0.2, 0.25) is 10.0 Å². The lowest BCUT2D eigenvalue weighted by molar-refractivity contribution is -0.142. The maximum absolute atomic E-state index is 12.6. The molecule has 2 rings (SSSR count). The number of esters is 1. The topological polar surface area (TPSA) is 103 Å². The fourth-order valence-corrected chi connectivity index (χ4v) is 4.29. The summed E-state index contributed by atoms with van der Waals surface area (Å²) < 4.78 is 15.3. The van der Waals surface area contributed by atoms with E-state index in [0.717, 1.165) is 0 Å². The van der Waals surface area contributed by atoms with Gasteiger partial charge in [-0.25, -0.2) is 4.79 Å². The Kier molecular flexibility index (Phi) is 10.6. The van der Waals surface area contributed by atoms with Crippen molar-refractivity contribution in [3.8, 4) is 11.5 Å². The molecule has 0 aliphatic heterocycles. The summed E-state index contributed by atoms with van der Waals surface area (Å²) >= 11 is 13.5. The summed E-state index contributed by atoms with van der Waals surface area (Å²) in [5, 5.41) is 5.73. The summed E-state index contributed by atoms with van der Waals surface area (Å²) in [5.41, 5.74) is 0.376. The summed E-state index contributed by atoms with van der Waals surface area (Å²) in [6, 6.07) is 8.81. The summed E-state index contributed by atoms with van der Waals surface area (Å²) in [6.07, 6.45) is 0. The van der Waals surface area contributed by atoms with E-state index in [9.17, 15) is 14.4 Å². The van der Waals surface area contributed by atoms with Gasteiger partial charge in [-0.05, 0) is 24.3 Å². The van der Waals surface area contributed by atoms with E-state index in [0.29, 0.717) is 29.4 Å². The van der Waals surface area contributed by atoms with Gasteiger partial charge in [0.1, 0.15) is 23.1 Å². The molecule has 0 aliphatic rings. The van der Waals surface area contributed by atoms with E-state index in [1.54, 1.807) is 24.3 Å². The molecule has 0 fully saturated rings. The summed E-state index contributed by atoms with van der Waals surface area (Å²) in [7, 11) is 4.17. The highest BCUT2D eigenvalue weighted by atomic mass is 35.5. The normalized spacial score (nSPS) is 11.3. The van der Waals surface area contributed by atoms with Gasteiger partial charge in [-0.15, -0.1) is 0 Å². The lowest BCUT2D eigenvalue weighted by atomic mass is 10.1. The predicted molar refractivity (Wildman–Crippen MR) is 129 cm³/mol. The van der Waals surface area contributed by atoms with Crippen molar-refractivity contribution in [2.45, 2.75) is 6.04 Å². The Labute approximate surface area is 206 Å². The van der Waals surface area contributed by atoms with Crippen LogP contribution >= 0.6 is 35.0 Å². The first-order valence-corrected chi connectivity index (χ1v) is 11.6. The van der Waals surface area contributed by atoms with Crippen molar-refractivity contribution in [1.82, 2.24) is 10.6 Å². The molecule has 0 unspecified atom stereocenters. The first-order chi connectivity index (χ1) is 15.8. The van der Waals surface area contributed by atoms with Gasteiger partial charge >= 0.3 is 5.97 Å². The van der Waals surface area contributed by atoms with Crippen LogP contribution in [0.25, 0.3) is 0 Å². The van der Waals surface area contributed by atoms with Gasteiger partial charge in [0.2, 0.25) is 0 Å². The minimum atomic E-state index is -0.926. The summed E-state index contributed by atoms with van der Waals surface area (Å²) in [6.45, 7) is 0.308. The van der Waals surface area contributed by atoms with Crippen molar-refractivity contribution >= 4 is 52.7 Å². The van der Waals surface area contributed by atoms with E-state index >= 15 is 0 Å². The second-order valence-corrected chi connectivity index (χ2v) is 8.48. The molecule has 2 aromatic rings. The Balaban J connectivity index is 1.92. The molecule has 2 aromatic carbocycles. The Morgan fingerprint density at radius 2 is 1.48 bits per heavy atom. The number of hydrogen-bond donors (Lipinski definition) is 2. The number of thioether (sulfide) groups is 1. The number of amides is 2. The Hall–Kier alpha value is -2.62. The van der Waals surface area contributed by atoms with Gasteiger partial charge in [-0.3, -0.25) is 9.59 Å². The molecule has 2 N–H and O–H groups in total. The maximum atomic E-state index is 12.6. The molecule has 8 nitrogen and oxygen atoms in total. The quantitative estimate of drug-likeness (QED) is 0.349. The van der Waals surface area contributed by atoms with Crippen LogP contribution in [-0.2, 0) is 9.53 Å². The number of methoxy groups -OCH3 is 3. The largest absolute Gasteiger partial charge is 0.496 e. The van der Waals surface area contributed by atoms with Crippen molar-refractivity contribution in [2.24, 2.45) is 0 Å². The van der Waals surface area contributed by atoms with Crippen LogP contribution in [0.3, 0.4) is 0 Å². The van der Waals surface area contributed by atoms with E-state index in [1.807, 2.05) is 0 Å². The standard InChI is InChI=1S/C22H24Cl2N2O6S/c1-30-16-8-5-9-17(31-2)19(16)20(27)25-10-11-33-12-15(22(29)32-3)26-21(28)18-13(23)6-4-7-14(18)24/h4-9,15H,10-12H2,1-3H3,(H,25,27)(H,26,28)/t15-/m0/s1. The van der Waals surface area contributed by atoms with Crippen LogP contribution in [0.1, 0.15) is 20.7 Å². The molecule has 0 bridgehead atoms. The van der Waals surface area contributed by atoms with Gasteiger partial charge in [0.25, 0.3) is 11.8 Å². The lowest BCUT2D eigenvalue weighted by Crippen LogP contribution is -2.43. The van der Waals surface area contributed by atoms with Crippen molar-refractivity contribution in [1.29, 1.82) is 0 Å². The third kappa shape index (κ3) is 7.18. The molecule has 11 heteroatoms. The SMILES string of the molecule is COC(=O)[C@H](CSCCNC(=O)c1c(OC)cccc1OC)NC(=O)c1c(Cl)cccc1Cl. The van der Waals surface area contributed by atoms with Crippen molar-refractivity contribution < 1.29 is 28.6 Å². The number of nitrogens with one attached hydrogen (secondary N) is 2. The van der Waals surface area contributed by atoms with E-state index in [2.05, 4.69) is 10.6 Å². The summed E-state index contributed by atoms with van der Waals surface area (Å²) in [5.74, 6) is -0.0678. The number of halogens is 2. The fraction of sp³-hybridized carbons (Fsp3) is 0.318. The number of hydrogen-bond acceptors (Lipinski definition) is 7. The van der Waals surface area contributed by atoms with Crippen LogP contribution in [0.4, 0.5) is 0 Å². The average Bonchev–Trinajstić information content (AvgIpc) is 2.81. The molecule has 33 heavy (non-hydrogen) atoms. The van der Waals surface area contributed by atoms with E-state index in [1.165, 1.54) is 45.2 Å². The van der Waals surface area contributed by atoms with Crippen LogP contribution in [-0.4, -0.2) is 63.2 Å². The van der Waals surface area contributed by atoms with Crippen molar-refractivity contribution in [3.05, 3.63) is 57.6 Å². The van der Waals surface area contributed by atoms with Gasteiger partial charge in [-0.2, -0.15) is 11.8 Å². The lowest BCUT2D eigenvalue weighted by Gasteiger charge is -2.17. The number of benzene rings is 2. The monoisotopic (exact) mass is 514 g/mol. The first kappa shape index (κ1) is 26.6. The van der Waals surface area contributed by atoms with Gasteiger partial charge < -0.3 is 24.8 Å². The average molecular weight is 515 g/mol. The Morgan fingerprint density at radius 3 is 2.03 bits per heavy atom. The fourth-order valence-electron chi connectivity index (χ4n) is 2.86. The molecule has 0 saturated carbocycles. The molecule has 1 atom stereocenters. The Morgan fingerprint density at radius 1 is 0.909 bits per heavy atom. The molecule has 178 valence electrons. The maximum Gasteiger partial charge on any atom is 0.329 e. The van der Waals surface area contributed by atoms with E-state index in [4.69, 9.17) is 37.4 Å². The summed E-state index contributed by atoms with van der Waals surface area (Å²) in [4.78, 5) is 37.3. The van der Waals surface area contributed by atoms with Crippen LogP contribution in [0.15, 0.2) is 36.4 Å². The molecule has 0 radical (unpaired) electrons. The highest BCUT2D eigenvalue weighted by molar-refractivity contribution is 7.99. The molecular weight excluding hydrogens is 491 g/mol. The van der Waals surface area contributed by atoms with Crippen molar-refractivity contribution in [2.75, 3.05) is 39.4 Å². The second-order valence-electron chi connectivity index (χ2n) is 6.51. The zero-order valence-corrected chi connectivity index (χ0v) is 20.6. The van der Waals surface area contributed by atoms with Gasteiger partial charge in [-0.1, -0.05) is 35.3 Å². The van der Waals surface area contributed by atoms with E-state index in [-0.39, 0.29) is 27.3 Å². The third-order valence-corrected chi connectivity index (χ3v) is 6.14. The highest BCUT2D eigenvalue weighted by Gasteiger charge is 2.24. The van der Waals surface area contributed by atoms with Crippen molar-refractivity contribution in [3.63, 3.8) is 0 Å². The molecule has 0 saturated heterocycles. The Bertz CT molecular complexity index is 962. The highest BCUT2D eigenvalue weighted by Crippen LogP contribution is 2.28. The van der Waals surface area contributed by atoms with E-state index < -0.39 is 17.9 Å². The molecule has 0 aliphatic carbocycles. The number of rotatable bonds is 11. The molecule has 0 spiro atoms. The molecular formula is C22H24Cl2N2O6S. The first-order valence-electron chi connectivity index (χ1n) is 9.73. The molecule has 2 amide bonds. The van der Waals surface area contributed by atoms with Gasteiger partial charge in [0, 0.05) is 18.1 Å². The number of carbonyl (C=O) groups is 3. The predicted octanol–water partition coefficient (Wildman–Crippen LogP) is 3.45. The van der Waals surface area contributed by atoms with Crippen LogP contribution in [0, 0.1) is 0 Å². The second kappa shape index (κ2) is 13.2. The minimum Gasteiger partial charge on any atom is -0.496 e. The smallest absolute Gasteiger partial charge is 0.329 e. The zero-order valence-electron chi connectivity index (χ0n) is 18.3. The molecule has 0 heterocycles. The van der Waals surface area contributed by atoms with Crippen LogP contribution < -0.4 is 20.1 Å². The third-order valence-electron chi connectivity index (χ3n) is 4.45. The van der Waals surface area contributed by atoms with Gasteiger partial charge in [0.05, 0.1) is 36.9 Å². The number of carbonyl (C=O) groups excluding carboxylic acids is 3.